The molecule has 17 heavy (non-hydrogen) atoms. The molecular weight excluding hydrogens is 236 g/mol. The second-order valence-electron chi connectivity index (χ2n) is 4.07. The molecule has 6 heteroatoms. The Balaban J connectivity index is 2.83. The van der Waals surface area contributed by atoms with Crippen LogP contribution in [0.1, 0.15) is 27.7 Å². The Morgan fingerprint density at radius 1 is 1.12 bits per heavy atom. The lowest BCUT2D eigenvalue weighted by Gasteiger charge is -2.43. The summed E-state index contributed by atoms with van der Waals surface area (Å²) in [6.07, 6.45) is 0. The molecule has 1 aliphatic rings. The van der Waals surface area contributed by atoms with Crippen molar-refractivity contribution < 1.29 is 13.3 Å². The highest BCUT2D eigenvalue weighted by molar-refractivity contribution is 6.57. The quantitative estimate of drug-likeness (QED) is 0.688. The summed E-state index contributed by atoms with van der Waals surface area (Å²) >= 11 is 0. The first-order chi connectivity index (χ1) is 8.20. The zero-order valence-electron chi connectivity index (χ0n) is 11.5. The van der Waals surface area contributed by atoms with Crippen LogP contribution in [-0.4, -0.2) is 59.0 Å². The van der Waals surface area contributed by atoms with Crippen LogP contribution >= 0.6 is 0 Å². The molecule has 0 radical (unpaired) electrons. The van der Waals surface area contributed by atoms with Crippen LogP contribution in [0.5, 0.6) is 0 Å². The van der Waals surface area contributed by atoms with E-state index in [2.05, 4.69) is 16.8 Å². The lowest BCUT2D eigenvalue weighted by molar-refractivity contribution is 0.00167. The Bertz CT molecular complexity index is 202. The maximum absolute atomic E-state index is 5.91. The Hall–Kier alpha value is 0.0169. The van der Waals surface area contributed by atoms with Gasteiger partial charge in [0, 0.05) is 45.5 Å². The van der Waals surface area contributed by atoms with Gasteiger partial charge in [-0.05, 0) is 27.7 Å². The van der Waals surface area contributed by atoms with Crippen LogP contribution in [0.25, 0.3) is 0 Å². The molecule has 1 atom stereocenters. The Morgan fingerprint density at radius 3 is 2.06 bits per heavy atom. The van der Waals surface area contributed by atoms with E-state index in [0.717, 1.165) is 19.6 Å². The molecule has 1 rings (SSSR count). The van der Waals surface area contributed by atoms with Crippen molar-refractivity contribution in [1.82, 2.24) is 9.88 Å². The van der Waals surface area contributed by atoms with E-state index in [1.54, 1.807) is 0 Å². The molecule has 1 N–H and O–H groups in total. The maximum atomic E-state index is 5.91. The molecule has 0 spiro atoms. The fourth-order valence-corrected chi connectivity index (χ4v) is 5.03. The van der Waals surface area contributed by atoms with Crippen molar-refractivity contribution >= 4 is 8.97 Å². The Labute approximate surface area is 106 Å². The molecule has 102 valence electrons. The average Bonchev–Trinajstić information content (AvgIpc) is 2.30. The highest BCUT2D eigenvalue weighted by Gasteiger charge is 2.51. The molecule has 0 aromatic carbocycles. The van der Waals surface area contributed by atoms with Gasteiger partial charge in [0.25, 0.3) is 0 Å². The summed E-state index contributed by atoms with van der Waals surface area (Å²) in [6, 6.07) is 0.389. The van der Waals surface area contributed by atoms with Crippen LogP contribution in [0.2, 0.25) is 0 Å². The molecule has 1 unspecified atom stereocenters. The Kier molecular flexibility index (Phi) is 6.61. The highest BCUT2D eigenvalue weighted by atomic mass is 28.4. The van der Waals surface area contributed by atoms with Gasteiger partial charge < -0.3 is 18.6 Å². The van der Waals surface area contributed by atoms with Gasteiger partial charge in [0.05, 0.1) is 0 Å². The van der Waals surface area contributed by atoms with Gasteiger partial charge in [-0.1, -0.05) is 0 Å². The largest absolute Gasteiger partial charge is 0.599 e. The van der Waals surface area contributed by atoms with E-state index in [4.69, 9.17) is 13.3 Å². The minimum Gasteiger partial charge on any atom is -0.361 e. The molecule has 1 heterocycles. The van der Waals surface area contributed by atoms with Crippen molar-refractivity contribution in [3.05, 3.63) is 0 Å². The molecule has 1 fully saturated rings. The van der Waals surface area contributed by atoms with Gasteiger partial charge in [-0.3, -0.25) is 4.57 Å². The zero-order chi connectivity index (χ0) is 12.7. The molecule has 0 amide bonds. The first kappa shape index (κ1) is 15.1. The zero-order valence-corrected chi connectivity index (χ0v) is 12.5. The van der Waals surface area contributed by atoms with E-state index >= 15 is 0 Å². The number of hydrogen-bond donors (Lipinski definition) is 1. The van der Waals surface area contributed by atoms with E-state index in [-0.39, 0.29) is 0 Å². The number of hydrogen-bond acceptors (Lipinski definition) is 5. The molecule has 0 aliphatic carbocycles. The van der Waals surface area contributed by atoms with Crippen molar-refractivity contribution in [2.24, 2.45) is 0 Å². The maximum Gasteiger partial charge on any atom is 0.599 e. The van der Waals surface area contributed by atoms with E-state index in [1.165, 1.54) is 0 Å². The van der Waals surface area contributed by atoms with Crippen LogP contribution in [0.4, 0.5) is 0 Å². The average molecular weight is 262 g/mol. The van der Waals surface area contributed by atoms with Crippen molar-refractivity contribution in [3.8, 4) is 0 Å². The van der Waals surface area contributed by atoms with Gasteiger partial charge in [0.2, 0.25) is 0 Å². The lowest BCUT2D eigenvalue weighted by atomic mass is 10.3. The molecule has 0 saturated carbocycles. The normalized spacial score (nSPS) is 22.9. The number of rotatable bonds is 7. The topological polar surface area (TPSA) is 43.0 Å². The van der Waals surface area contributed by atoms with Crippen LogP contribution in [0.15, 0.2) is 0 Å². The second-order valence-corrected chi connectivity index (χ2v) is 6.56. The molecule has 5 nitrogen and oxygen atoms in total. The molecule has 1 saturated heterocycles. The van der Waals surface area contributed by atoms with Gasteiger partial charge in [-0.25, -0.2) is 0 Å². The summed E-state index contributed by atoms with van der Waals surface area (Å²) in [4.78, 5) is 0. The monoisotopic (exact) mass is 262 g/mol. The van der Waals surface area contributed by atoms with Gasteiger partial charge in [0.15, 0.2) is 0 Å². The van der Waals surface area contributed by atoms with Crippen LogP contribution in [-0.2, 0) is 13.3 Å². The molecular formula is C11H26N2O3Si. The first-order valence-electron chi connectivity index (χ1n) is 6.59. The SMILES string of the molecule is CCO[Si](OCC)(OCC)N1CCNCC1C. The van der Waals surface area contributed by atoms with Crippen molar-refractivity contribution in [3.63, 3.8) is 0 Å². The lowest BCUT2D eigenvalue weighted by Crippen LogP contribution is -2.68. The van der Waals surface area contributed by atoms with E-state index in [9.17, 15) is 0 Å². The summed E-state index contributed by atoms with van der Waals surface area (Å²) in [5.74, 6) is 0. The smallest absolute Gasteiger partial charge is 0.361 e. The number of nitrogens with zero attached hydrogens (tertiary/aromatic N) is 1. The highest BCUT2D eigenvalue weighted by Crippen LogP contribution is 2.20. The third kappa shape index (κ3) is 3.74. The van der Waals surface area contributed by atoms with E-state index < -0.39 is 8.97 Å². The van der Waals surface area contributed by atoms with Crippen molar-refractivity contribution in [2.75, 3.05) is 39.5 Å². The Morgan fingerprint density at radius 2 is 1.65 bits per heavy atom. The third-order valence-electron chi connectivity index (χ3n) is 2.83. The minimum atomic E-state index is -2.66. The minimum absolute atomic E-state index is 0.389. The van der Waals surface area contributed by atoms with Crippen molar-refractivity contribution in [2.45, 2.75) is 33.7 Å². The summed E-state index contributed by atoms with van der Waals surface area (Å²) in [5, 5.41) is 3.38. The van der Waals surface area contributed by atoms with Gasteiger partial charge in [-0.15, -0.1) is 0 Å². The van der Waals surface area contributed by atoms with E-state index in [0.29, 0.717) is 25.9 Å². The van der Waals surface area contributed by atoms with Gasteiger partial charge in [-0.2, -0.15) is 0 Å². The van der Waals surface area contributed by atoms with Crippen LogP contribution in [0, 0.1) is 0 Å². The number of nitrogens with one attached hydrogen (secondary N) is 1. The standard InChI is InChI=1S/C11H26N2O3Si/c1-5-14-17(15-6-2,16-7-3)13-9-8-12-10-11(13)4/h11-12H,5-10H2,1-4H3. The summed E-state index contributed by atoms with van der Waals surface area (Å²) in [6.45, 7) is 12.9. The number of piperazine rings is 1. The molecule has 1 aliphatic heterocycles. The predicted molar refractivity (Wildman–Crippen MR) is 69.7 cm³/mol. The summed E-state index contributed by atoms with van der Waals surface area (Å²) < 4.78 is 20.0. The second kappa shape index (κ2) is 7.45. The fourth-order valence-electron chi connectivity index (χ4n) is 2.17. The van der Waals surface area contributed by atoms with E-state index in [1.807, 2.05) is 20.8 Å². The predicted octanol–water partition coefficient (Wildman–Crippen LogP) is 0.825. The fraction of sp³-hybridized carbons (Fsp3) is 1.00. The molecule has 0 aromatic heterocycles. The van der Waals surface area contributed by atoms with Gasteiger partial charge >= 0.3 is 8.97 Å². The van der Waals surface area contributed by atoms with Gasteiger partial charge in [0.1, 0.15) is 0 Å². The van der Waals surface area contributed by atoms with Crippen LogP contribution in [0.3, 0.4) is 0 Å². The summed E-state index contributed by atoms with van der Waals surface area (Å²) in [5.41, 5.74) is 0. The van der Waals surface area contributed by atoms with Crippen LogP contribution < -0.4 is 5.32 Å². The molecule has 0 aromatic rings. The molecule has 0 bridgehead atoms. The van der Waals surface area contributed by atoms with Crippen molar-refractivity contribution in [1.29, 1.82) is 0 Å². The first-order valence-corrected chi connectivity index (χ1v) is 8.26. The summed E-state index contributed by atoms with van der Waals surface area (Å²) in [7, 11) is -2.66. The third-order valence-corrected chi connectivity index (χ3v) is 6.16.